The van der Waals surface area contributed by atoms with Gasteiger partial charge in [-0.25, -0.2) is 9.38 Å². The summed E-state index contributed by atoms with van der Waals surface area (Å²) in [6, 6.07) is 0. The summed E-state index contributed by atoms with van der Waals surface area (Å²) in [5, 5.41) is 0. The fraction of sp³-hybridized carbons (Fsp3) is 0.714. The molecule has 0 aliphatic heterocycles. The second-order valence-corrected chi connectivity index (χ2v) is 2.98. The molecule has 0 aromatic rings. The van der Waals surface area contributed by atoms with Crippen LogP contribution in [0.3, 0.4) is 0 Å². The molecule has 1 fully saturated rings. The Morgan fingerprint density at radius 2 is 2.18 bits per heavy atom. The standard InChI is InChI=1S/C7H11FN2O/c1-10(2)5-9-6(11)7(8)3-4-7/h5H,3-4H2,1-2H3. The quantitative estimate of drug-likeness (QED) is 0.435. The number of nitrogens with zero attached hydrogens (tertiary/aromatic N) is 2. The largest absolute Gasteiger partial charge is 0.369 e. The van der Waals surface area contributed by atoms with Gasteiger partial charge in [-0.05, 0) is 12.8 Å². The molecule has 1 aliphatic rings. The molecule has 0 N–H and O–H groups in total. The maximum absolute atomic E-state index is 12.9. The Kier molecular flexibility index (Phi) is 1.93. The van der Waals surface area contributed by atoms with Gasteiger partial charge in [-0.2, -0.15) is 0 Å². The molecule has 0 atom stereocenters. The topological polar surface area (TPSA) is 32.7 Å². The molecule has 4 heteroatoms. The summed E-state index contributed by atoms with van der Waals surface area (Å²) in [5.74, 6) is -0.647. The summed E-state index contributed by atoms with van der Waals surface area (Å²) in [4.78, 5) is 15.9. The van der Waals surface area contributed by atoms with Crippen LogP contribution in [0.5, 0.6) is 0 Å². The number of carbonyl (C=O) groups is 1. The molecule has 0 unspecified atom stereocenters. The van der Waals surface area contributed by atoms with Gasteiger partial charge in [0.05, 0.1) is 6.34 Å². The van der Waals surface area contributed by atoms with Crippen molar-refractivity contribution < 1.29 is 9.18 Å². The monoisotopic (exact) mass is 158 g/mol. The van der Waals surface area contributed by atoms with Crippen molar-refractivity contribution in [1.82, 2.24) is 4.90 Å². The molecule has 0 radical (unpaired) electrons. The molecule has 1 rings (SSSR count). The van der Waals surface area contributed by atoms with Crippen molar-refractivity contribution in [3.05, 3.63) is 0 Å². The minimum absolute atomic E-state index is 0.330. The number of rotatable bonds is 2. The van der Waals surface area contributed by atoms with Gasteiger partial charge >= 0.3 is 0 Å². The first-order chi connectivity index (χ1) is 5.04. The lowest BCUT2D eigenvalue weighted by Gasteiger charge is -2.02. The number of hydrogen-bond donors (Lipinski definition) is 0. The zero-order chi connectivity index (χ0) is 8.48. The van der Waals surface area contributed by atoms with Crippen LogP contribution in [-0.4, -0.2) is 36.9 Å². The van der Waals surface area contributed by atoms with Gasteiger partial charge in [0.2, 0.25) is 0 Å². The van der Waals surface area contributed by atoms with E-state index in [0.717, 1.165) is 0 Å². The van der Waals surface area contributed by atoms with Crippen molar-refractivity contribution in [2.45, 2.75) is 18.5 Å². The molecule has 0 heterocycles. The second-order valence-electron chi connectivity index (χ2n) is 2.98. The summed E-state index contributed by atoms with van der Waals surface area (Å²) in [5.41, 5.74) is -1.62. The van der Waals surface area contributed by atoms with Crippen molar-refractivity contribution in [3.8, 4) is 0 Å². The molecule has 0 spiro atoms. The molecule has 11 heavy (non-hydrogen) atoms. The SMILES string of the molecule is CN(C)C=NC(=O)C1(F)CC1. The van der Waals surface area contributed by atoms with Gasteiger partial charge in [0.25, 0.3) is 5.91 Å². The van der Waals surface area contributed by atoms with Crippen LogP contribution in [0.25, 0.3) is 0 Å². The number of hydrogen-bond acceptors (Lipinski definition) is 1. The van der Waals surface area contributed by atoms with Crippen molar-refractivity contribution >= 4 is 12.2 Å². The highest BCUT2D eigenvalue weighted by molar-refractivity contribution is 5.93. The van der Waals surface area contributed by atoms with E-state index in [1.807, 2.05) is 0 Å². The summed E-state index contributed by atoms with van der Waals surface area (Å²) in [7, 11) is 3.46. The Morgan fingerprint density at radius 3 is 2.55 bits per heavy atom. The van der Waals surface area contributed by atoms with E-state index in [1.54, 1.807) is 19.0 Å². The second kappa shape index (κ2) is 2.60. The third-order valence-electron chi connectivity index (χ3n) is 1.48. The van der Waals surface area contributed by atoms with Crippen LogP contribution in [-0.2, 0) is 4.79 Å². The first-order valence-electron chi connectivity index (χ1n) is 3.48. The van der Waals surface area contributed by atoms with Crippen LogP contribution in [0.1, 0.15) is 12.8 Å². The number of carbonyl (C=O) groups excluding carboxylic acids is 1. The van der Waals surface area contributed by atoms with Crippen molar-refractivity contribution in [3.63, 3.8) is 0 Å². The molecule has 62 valence electrons. The number of alkyl halides is 1. The van der Waals surface area contributed by atoms with E-state index in [0.29, 0.717) is 12.8 Å². The molecule has 0 aromatic carbocycles. The normalized spacial score (nSPS) is 20.3. The first kappa shape index (κ1) is 8.17. The van der Waals surface area contributed by atoms with Crippen LogP contribution in [0.15, 0.2) is 4.99 Å². The summed E-state index contributed by atoms with van der Waals surface area (Å²) in [6.07, 6.45) is 1.98. The van der Waals surface area contributed by atoms with E-state index in [-0.39, 0.29) is 0 Å². The average Bonchev–Trinajstić information content (AvgIpc) is 2.64. The maximum Gasteiger partial charge on any atom is 0.284 e. The van der Waals surface area contributed by atoms with Crippen LogP contribution in [0.4, 0.5) is 4.39 Å². The van der Waals surface area contributed by atoms with Crippen LogP contribution in [0.2, 0.25) is 0 Å². The summed E-state index contributed by atoms with van der Waals surface area (Å²) < 4.78 is 12.9. The fourth-order valence-electron chi connectivity index (χ4n) is 0.607. The third kappa shape index (κ3) is 2.00. The molecule has 3 nitrogen and oxygen atoms in total. The van der Waals surface area contributed by atoms with Gasteiger partial charge in [-0.3, -0.25) is 4.79 Å². The molecule has 0 saturated heterocycles. The zero-order valence-corrected chi connectivity index (χ0v) is 6.67. The Hall–Kier alpha value is -0.930. The maximum atomic E-state index is 12.9. The predicted octanol–water partition coefficient (Wildman–Crippen LogP) is 0.605. The minimum Gasteiger partial charge on any atom is -0.369 e. The van der Waals surface area contributed by atoms with E-state index in [4.69, 9.17) is 0 Å². The molecule has 1 saturated carbocycles. The molecule has 0 bridgehead atoms. The Labute approximate surface area is 64.9 Å². The van der Waals surface area contributed by atoms with Gasteiger partial charge in [0, 0.05) is 14.1 Å². The van der Waals surface area contributed by atoms with E-state index in [9.17, 15) is 9.18 Å². The van der Waals surface area contributed by atoms with E-state index in [2.05, 4.69) is 4.99 Å². The lowest BCUT2D eigenvalue weighted by Crippen LogP contribution is -2.17. The fourth-order valence-corrected chi connectivity index (χ4v) is 0.607. The first-order valence-corrected chi connectivity index (χ1v) is 3.48. The Bertz CT molecular complexity index is 197. The van der Waals surface area contributed by atoms with E-state index >= 15 is 0 Å². The van der Waals surface area contributed by atoms with E-state index < -0.39 is 11.6 Å². The lowest BCUT2D eigenvalue weighted by atomic mass is 10.4. The molecular weight excluding hydrogens is 147 g/mol. The van der Waals surface area contributed by atoms with Gasteiger partial charge in [0.1, 0.15) is 0 Å². The Balaban J connectivity index is 2.44. The van der Waals surface area contributed by atoms with Crippen LogP contribution >= 0.6 is 0 Å². The smallest absolute Gasteiger partial charge is 0.284 e. The molecular formula is C7H11FN2O. The van der Waals surface area contributed by atoms with Gasteiger partial charge in [0.15, 0.2) is 5.67 Å². The summed E-state index contributed by atoms with van der Waals surface area (Å²) in [6.45, 7) is 0. The molecule has 1 amide bonds. The number of halogens is 1. The third-order valence-corrected chi connectivity index (χ3v) is 1.48. The number of aliphatic imine (C=N–C) groups is 1. The molecule has 1 aliphatic carbocycles. The highest BCUT2D eigenvalue weighted by atomic mass is 19.1. The van der Waals surface area contributed by atoms with Gasteiger partial charge in [-0.1, -0.05) is 0 Å². The zero-order valence-electron chi connectivity index (χ0n) is 6.67. The predicted molar refractivity (Wildman–Crippen MR) is 40.3 cm³/mol. The van der Waals surface area contributed by atoms with Crippen molar-refractivity contribution in [2.75, 3.05) is 14.1 Å². The highest BCUT2D eigenvalue weighted by Gasteiger charge is 2.50. The van der Waals surface area contributed by atoms with E-state index in [1.165, 1.54) is 6.34 Å². The van der Waals surface area contributed by atoms with Gasteiger partial charge in [-0.15, -0.1) is 0 Å². The Morgan fingerprint density at radius 1 is 1.64 bits per heavy atom. The van der Waals surface area contributed by atoms with Gasteiger partial charge < -0.3 is 4.90 Å². The van der Waals surface area contributed by atoms with Crippen molar-refractivity contribution in [2.24, 2.45) is 4.99 Å². The lowest BCUT2D eigenvalue weighted by molar-refractivity contribution is -0.123. The van der Waals surface area contributed by atoms with Crippen LogP contribution in [0, 0.1) is 0 Å². The minimum atomic E-state index is -1.62. The summed E-state index contributed by atoms with van der Waals surface area (Å²) >= 11 is 0. The molecule has 0 aromatic heterocycles. The number of amides is 1. The van der Waals surface area contributed by atoms with Crippen LogP contribution < -0.4 is 0 Å². The average molecular weight is 158 g/mol. The van der Waals surface area contributed by atoms with Crippen molar-refractivity contribution in [1.29, 1.82) is 0 Å². The highest BCUT2D eigenvalue weighted by Crippen LogP contribution is 2.40.